The van der Waals surface area contributed by atoms with Crippen molar-refractivity contribution in [3.63, 3.8) is 0 Å². The van der Waals surface area contributed by atoms with Gasteiger partial charge in [-0.3, -0.25) is 15.0 Å². The number of hydrogen-bond donors (Lipinski definition) is 1. The monoisotopic (exact) mass is 367 g/mol. The van der Waals surface area contributed by atoms with Gasteiger partial charge in [-0.05, 0) is 36.1 Å². The van der Waals surface area contributed by atoms with E-state index in [4.69, 9.17) is 17.0 Å². The fourth-order valence-electron chi connectivity index (χ4n) is 2.20. The van der Waals surface area contributed by atoms with Crippen molar-refractivity contribution in [2.24, 2.45) is 0 Å². The van der Waals surface area contributed by atoms with Crippen LogP contribution in [-0.2, 0) is 9.59 Å². The van der Waals surface area contributed by atoms with Crippen molar-refractivity contribution < 1.29 is 14.3 Å². The molecule has 0 saturated carbocycles. The molecule has 1 aromatic carbocycles. The first kappa shape index (κ1) is 16.2. The number of amides is 2. The molecule has 2 aliphatic heterocycles. The average Bonchev–Trinajstić information content (AvgIpc) is 2.98. The number of fused-ring (bicyclic) bond motifs is 1. The molecule has 9 heteroatoms. The first-order chi connectivity index (χ1) is 10.9. The van der Waals surface area contributed by atoms with Crippen molar-refractivity contribution >= 4 is 57.6 Å². The van der Waals surface area contributed by atoms with Crippen LogP contribution in [0.25, 0.3) is 0 Å². The van der Waals surface area contributed by atoms with E-state index in [0.29, 0.717) is 9.23 Å². The second-order valence-corrected chi connectivity index (χ2v) is 7.48. The summed E-state index contributed by atoms with van der Waals surface area (Å²) >= 11 is 7.87. The summed E-state index contributed by atoms with van der Waals surface area (Å²) < 4.78 is 5.56. The highest BCUT2D eigenvalue weighted by atomic mass is 32.2. The van der Waals surface area contributed by atoms with Crippen LogP contribution >= 0.6 is 35.7 Å². The molecule has 120 valence electrons. The number of thioether (sulfide) groups is 2. The molecular weight excluding hydrogens is 354 g/mol. The molecule has 1 N–H and O–H groups in total. The van der Waals surface area contributed by atoms with Gasteiger partial charge in [-0.25, -0.2) is 0 Å². The second kappa shape index (κ2) is 6.06. The van der Waals surface area contributed by atoms with Crippen molar-refractivity contribution in [2.45, 2.75) is 11.8 Å². The van der Waals surface area contributed by atoms with Gasteiger partial charge in [0.15, 0.2) is 4.32 Å². The molecule has 6 nitrogen and oxygen atoms in total. The Morgan fingerprint density at radius 1 is 1.35 bits per heavy atom. The number of methoxy groups -OCH3 is 1. The number of carbonyl (C=O) groups excluding carboxylic acids is 2. The molecule has 0 atom stereocenters. The van der Waals surface area contributed by atoms with E-state index in [-0.39, 0.29) is 11.8 Å². The number of ether oxygens (including phenoxy) is 1. The zero-order chi connectivity index (χ0) is 16.7. The summed E-state index contributed by atoms with van der Waals surface area (Å²) in [6.07, 6.45) is 0. The highest BCUT2D eigenvalue weighted by Crippen LogP contribution is 2.50. The second-order valence-electron chi connectivity index (χ2n) is 4.81. The molecule has 23 heavy (non-hydrogen) atoms. The predicted molar refractivity (Wildman–Crippen MR) is 95.1 cm³/mol. The fourth-order valence-corrected chi connectivity index (χ4v) is 4.69. The van der Waals surface area contributed by atoms with E-state index in [0.717, 1.165) is 26.4 Å². The summed E-state index contributed by atoms with van der Waals surface area (Å²) in [5, 5.41) is 1.90. The molecule has 1 saturated heterocycles. The first-order valence-electron chi connectivity index (χ1n) is 6.59. The standard InChI is InChI=1S/C14H13N3O3S3/c1-7(18)15-17-12(19)11(23-14(17)21)13-16(2)9-6-8(20-3)4-5-10(9)22-13/h4-6H,1-3H3,(H,15,18). The van der Waals surface area contributed by atoms with Gasteiger partial charge in [-0.2, -0.15) is 5.01 Å². The van der Waals surface area contributed by atoms with Gasteiger partial charge in [0.1, 0.15) is 10.7 Å². The minimum Gasteiger partial charge on any atom is -0.497 e. The minimum atomic E-state index is -0.340. The largest absolute Gasteiger partial charge is 0.497 e. The molecule has 0 bridgehead atoms. The van der Waals surface area contributed by atoms with E-state index >= 15 is 0 Å². The van der Waals surface area contributed by atoms with E-state index in [2.05, 4.69) is 5.43 Å². The number of thiocarbonyl (C=S) groups is 1. The number of rotatable bonds is 2. The highest BCUT2D eigenvalue weighted by Gasteiger charge is 2.39. The van der Waals surface area contributed by atoms with Gasteiger partial charge < -0.3 is 9.64 Å². The van der Waals surface area contributed by atoms with Crippen molar-refractivity contribution in [3.05, 3.63) is 28.1 Å². The van der Waals surface area contributed by atoms with Gasteiger partial charge in [0.2, 0.25) is 5.91 Å². The number of nitrogens with one attached hydrogen (secondary N) is 1. The summed E-state index contributed by atoms with van der Waals surface area (Å²) in [4.78, 5) is 27.2. The van der Waals surface area contributed by atoms with Crippen LogP contribution in [0.5, 0.6) is 5.75 Å². The number of hydrazine groups is 1. The molecule has 0 aromatic heterocycles. The smallest absolute Gasteiger partial charge is 0.287 e. The Balaban J connectivity index is 1.96. The maximum atomic E-state index is 12.5. The van der Waals surface area contributed by atoms with E-state index in [1.54, 1.807) is 7.11 Å². The third-order valence-corrected chi connectivity index (χ3v) is 6.00. The average molecular weight is 367 g/mol. The Bertz CT molecular complexity index is 763. The third kappa shape index (κ3) is 2.79. The highest BCUT2D eigenvalue weighted by molar-refractivity contribution is 8.27. The molecule has 2 amide bonds. The van der Waals surface area contributed by atoms with Crippen LogP contribution in [0.15, 0.2) is 33.0 Å². The lowest BCUT2D eigenvalue weighted by Gasteiger charge is -2.16. The van der Waals surface area contributed by atoms with Gasteiger partial charge in [-0.1, -0.05) is 11.8 Å². The molecule has 0 radical (unpaired) electrons. The molecular formula is C14H13N3O3S3. The Kier molecular flexibility index (Phi) is 4.26. The summed E-state index contributed by atoms with van der Waals surface area (Å²) in [5.41, 5.74) is 3.42. The van der Waals surface area contributed by atoms with Crippen molar-refractivity contribution in [1.29, 1.82) is 0 Å². The zero-order valence-corrected chi connectivity index (χ0v) is 15.0. The molecule has 3 rings (SSSR count). The fraction of sp³-hybridized carbons (Fsp3) is 0.214. The van der Waals surface area contributed by atoms with Crippen LogP contribution in [0.2, 0.25) is 0 Å². The van der Waals surface area contributed by atoms with E-state index in [9.17, 15) is 9.59 Å². The molecule has 0 spiro atoms. The van der Waals surface area contributed by atoms with E-state index < -0.39 is 0 Å². The van der Waals surface area contributed by atoms with Crippen LogP contribution in [-0.4, -0.2) is 35.3 Å². The summed E-state index contributed by atoms with van der Waals surface area (Å²) in [7, 11) is 3.50. The lowest BCUT2D eigenvalue weighted by molar-refractivity contribution is -0.132. The first-order valence-corrected chi connectivity index (χ1v) is 8.64. The van der Waals surface area contributed by atoms with Crippen molar-refractivity contribution in [3.8, 4) is 5.75 Å². The van der Waals surface area contributed by atoms with Gasteiger partial charge >= 0.3 is 0 Å². The Labute approximate surface area is 147 Å². The zero-order valence-electron chi connectivity index (χ0n) is 12.6. The Hall–Kier alpha value is -1.71. The van der Waals surface area contributed by atoms with Crippen LogP contribution < -0.4 is 15.1 Å². The van der Waals surface area contributed by atoms with Crippen molar-refractivity contribution in [1.82, 2.24) is 10.4 Å². The minimum absolute atomic E-state index is 0.315. The topological polar surface area (TPSA) is 61.9 Å². The molecule has 2 heterocycles. The molecule has 1 aromatic rings. The molecule has 1 fully saturated rings. The molecule has 2 aliphatic rings. The number of anilines is 1. The third-order valence-electron chi connectivity index (χ3n) is 3.27. The van der Waals surface area contributed by atoms with Gasteiger partial charge in [0, 0.05) is 24.9 Å². The van der Waals surface area contributed by atoms with Crippen LogP contribution in [0.3, 0.4) is 0 Å². The molecule has 0 unspecified atom stereocenters. The van der Waals surface area contributed by atoms with Gasteiger partial charge in [-0.15, -0.1) is 0 Å². The van der Waals surface area contributed by atoms with Crippen LogP contribution in [0.1, 0.15) is 6.92 Å². The number of nitrogens with zero attached hydrogens (tertiary/aromatic N) is 2. The summed E-state index contributed by atoms with van der Waals surface area (Å²) in [6, 6.07) is 5.76. The summed E-state index contributed by atoms with van der Waals surface area (Å²) in [5.74, 6) is 0.0977. The number of hydrogen-bond acceptors (Lipinski definition) is 7. The number of carbonyl (C=O) groups is 2. The Morgan fingerprint density at radius 2 is 2.09 bits per heavy atom. The van der Waals surface area contributed by atoms with E-state index in [1.165, 1.54) is 30.4 Å². The van der Waals surface area contributed by atoms with Gasteiger partial charge in [0.05, 0.1) is 17.8 Å². The van der Waals surface area contributed by atoms with Gasteiger partial charge in [0.25, 0.3) is 5.91 Å². The SMILES string of the molecule is COc1ccc2c(c1)N(C)C(=C1SC(=S)N(NC(C)=O)C1=O)S2. The normalized spacial score (nSPS) is 20.1. The number of benzene rings is 1. The lowest BCUT2D eigenvalue weighted by atomic mass is 10.3. The quantitative estimate of drug-likeness (QED) is 0.636. The maximum Gasteiger partial charge on any atom is 0.287 e. The predicted octanol–water partition coefficient (Wildman–Crippen LogP) is 2.32. The lowest BCUT2D eigenvalue weighted by Crippen LogP contribution is -2.43. The summed E-state index contributed by atoms with van der Waals surface area (Å²) in [6.45, 7) is 1.34. The Morgan fingerprint density at radius 3 is 2.74 bits per heavy atom. The van der Waals surface area contributed by atoms with Crippen LogP contribution in [0, 0.1) is 0 Å². The van der Waals surface area contributed by atoms with Crippen LogP contribution in [0.4, 0.5) is 5.69 Å². The molecule has 0 aliphatic carbocycles. The van der Waals surface area contributed by atoms with E-state index in [1.807, 2.05) is 30.1 Å². The maximum absolute atomic E-state index is 12.5. The van der Waals surface area contributed by atoms with Crippen molar-refractivity contribution in [2.75, 3.05) is 19.1 Å².